The van der Waals surface area contributed by atoms with Gasteiger partial charge in [0.25, 0.3) is 10.0 Å². The van der Waals surface area contributed by atoms with Gasteiger partial charge >= 0.3 is 0 Å². The van der Waals surface area contributed by atoms with E-state index in [-0.39, 0.29) is 29.3 Å². The van der Waals surface area contributed by atoms with Crippen molar-refractivity contribution in [2.24, 2.45) is 0 Å². The molecule has 1 atom stereocenters. The van der Waals surface area contributed by atoms with Crippen LogP contribution in [-0.2, 0) is 32.6 Å². The molecule has 2 amide bonds. The number of sulfonamides is 1. The Morgan fingerprint density at radius 2 is 1.52 bits per heavy atom. The van der Waals surface area contributed by atoms with Gasteiger partial charge in [0, 0.05) is 30.6 Å². The van der Waals surface area contributed by atoms with Crippen LogP contribution in [0, 0.1) is 5.82 Å². The number of amides is 2. The summed E-state index contributed by atoms with van der Waals surface area (Å²) < 4.78 is 53.8. The van der Waals surface area contributed by atoms with Crippen LogP contribution in [0.15, 0.2) is 102 Å². The van der Waals surface area contributed by atoms with Gasteiger partial charge in [-0.1, -0.05) is 54.1 Å². The number of methoxy groups -OCH3 is 2. The largest absolute Gasteiger partial charge is 0.493 e. The Labute approximate surface area is 273 Å². The van der Waals surface area contributed by atoms with Crippen LogP contribution in [0.1, 0.15) is 18.1 Å². The molecular weight excluding hydrogens is 633 g/mol. The van der Waals surface area contributed by atoms with E-state index < -0.39 is 40.2 Å². The molecule has 0 aliphatic carbocycles. The van der Waals surface area contributed by atoms with Crippen LogP contribution < -0.4 is 19.1 Å². The predicted octanol–water partition coefficient (Wildman–Crippen LogP) is 5.47. The predicted molar refractivity (Wildman–Crippen MR) is 175 cm³/mol. The maximum Gasteiger partial charge on any atom is 0.264 e. The first-order valence-electron chi connectivity index (χ1n) is 14.4. The molecular formula is C34H35ClFN3O6S. The summed E-state index contributed by atoms with van der Waals surface area (Å²) in [6.07, 6.45) is 0.156. The lowest BCUT2D eigenvalue weighted by Gasteiger charge is -2.34. The van der Waals surface area contributed by atoms with Crippen molar-refractivity contribution in [3.05, 3.63) is 119 Å². The van der Waals surface area contributed by atoms with E-state index in [0.29, 0.717) is 22.9 Å². The molecule has 242 valence electrons. The maximum atomic E-state index is 14.4. The van der Waals surface area contributed by atoms with E-state index in [1.165, 1.54) is 85.8 Å². The molecule has 0 heterocycles. The van der Waals surface area contributed by atoms with Gasteiger partial charge in [-0.25, -0.2) is 12.8 Å². The Balaban J connectivity index is 1.81. The maximum absolute atomic E-state index is 14.4. The fourth-order valence-electron chi connectivity index (χ4n) is 4.87. The third-order valence-corrected chi connectivity index (χ3v) is 9.25. The van der Waals surface area contributed by atoms with Gasteiger partial charge in [-0.05, 0) is 66.6 Å². The minimum atomic E-state index is -4.39. The molecule has 0 aromatic heterocycles. The standard InChI is InChI=1S/C34H35ClFN3O6S/c1-4-37-34(41)30(20-24-8-6-5-7-9-24)38(22-25-10-14-27(36)15-11-25)33(40)23-39(28-16-12-26(35)13-17-28)46(42,43)29-18-19-31(44-2)32(21-29)45-3/h5-19,21,30H,4,20,22-23H2,1-3H3,(H,37,41)/t30-/m0/s1. The molecule has 12 heteroatoms. The Kier molecular flexibility index (Phi) is 11.6. The van der Waals surface area contributed by atoms with Gasteiger partial charge in [0.2, 0.25) is 11.8 Å². The van der Waals surface area contributed by atoms with Gasteiger partial charge in [0.15, 0.2) is 11.5 Å². The number of nitrogens with one attached hydrogen (secondary N) is 1. The van der Waals surface area contributed by atoms with Crippen molar-refractivity contribution in [1.29, 1.82) is 0 Å². The molecule has 0 aliphatic heterocycles. The molecule has 4 aromatic carbocycles. The molecule has 4 rings (SSSR count). The number of benzene rings is 4. The number of anilines is 1. The van der Waals surface area contributed by atoms with E-state index >= 15 is 0 Å². The lowest BCUT2D eigenvalue weighted by Crippen LogP contribution is -2.53. The summed E-state index contributed by atoms with van der Waals surface area (Å²) >= 11 is 6.12. The lowest BCUT2D eigenvalue weighted by atomic mass is 10.0. The smallest absolute Gasteiger partial charge is 0.264 e. The van der Waals surface area contributed by atoms with Crippen LogP contribution in [0.3, 0.4) is 0 Å². The highest BCUT2D eigenvalue weighted by Crippen LogP contribution is 2.33. The van der Waals surface area contributed by atoms with Crippen LogP contribution in [0.25, 0.3) is 0 Å². The van der Waals surface area contributed by atoms with Crippen molar-refractivity contribution in [2.45, 2.75) is 30.8 Å². The lowest BCUT2D eigenvalue weighted by molar-refractivity contribution is -0.140. The highest BCUT2D eigenvalue weighted by atomic mass is 35.5. The first-order valence-corrected chi connectivity index (χ1v) is 16.2. The quantitative estimate of drug-likeness (QED) is 0.191. The molecule has 0 aliphatic rings. The van der Waals surface area contributed by atoms with Crippen LogP contribution in [0.2, 0.25) is 5.02 Å². The van der Waals surface area contributed by atoms with Gasteiger partial charge in [-0.15, -0.1) is 0 Å². The van der Waals surface area contributed by atoms with Crippen LogP contribution in [0.5, 0.6) is 11.5 Å². The second kappa shape index (κ2) is 15.6. The van der Waals surface area contributed by atoms with Crippen molar-refractivity contribution in [3.8, 4) is 11.5 Å². The van der Waals surface area contributed by atoms with Crippen molar-refractivity contribution in [2.75, 3.05) is 31.6 Å². The average Bonchev–Trinajstić information content (AvgIpc) is 3.06. The number of ether oxygens (including phenoxy) is 2. The van der Waals surface area contributed by atoms with E-state index in [1.54, 1.807) is 6.92 Å². The Morgan fingerprint density at radius 1 is 0.870 bits per heavy atom. The molecule has 46 heavy (non-hydrogen) atoms. The van der Waals surface area contributed by atoms with E-state index in [1.807, 2.05) is 30.3 Å². The number of hydrogen-bond acceptors (Lipinski definition) is 6. The van der Waals surface area contributed by atoms with E-state index in [0.717, 1.165) is 9.87 Å². The van der Waals surface area contributed by atoms with Gasteiger partial charge < -0.3 is 19.7 Å². The monoisotopic (exact) mass is 667 g/mol. The topological polar surface area (TPSA) is 105 Å². The number of carbonyl (C=O) groups excluding carboxylic acids is 2. The SMILES string of the molecule is CCNC(=O)[C@H](Cc1ccccc1)N(Cc1ccc(F)cc1)C(=O)CN(c1ccc(Cl)cc1)S(=O)(=O)c1ccc(OC)c(OC)c1. The molecule has 1 N–H and O–H groups in total. The fourth-order valence-corrected chi connectivity index (χ4v) is 6.43. The van der Waals surface area contributed by atoms with Crippen molar-refractivity contribution in [3.63, 3.8) is 0 Å². The molecule has 0 saturated heterocycles. The number of carbonyl (C=O) groups is 2. The number of rotatable bonds is 14. The molecule has 0 bridgehead atoms. The van der Waals surface area contributed by atoms with E-state index in [9.17, 15) is 22.4 Å². The molecule has 0 spiro atoms. The summed E-state index contributed by atoms with van der Waals surface area (Å²) in [6.45, 7) is 1.33. The Bertz CT molecular complexity index is 1740. The summed E-state index contributed by atoms with van der Waals surface area (Å²) in [5.41, 5.74) is 1.52. The normalized spacial score (nSPS) is 11.8. The third kappa shape index (κ3) is 8.35. The van der Waals surface area contributed by atoms with Gasteiger partial charge in [-0.3, -0.25) is 13.9 Å². The summed E-state index contributed by atoms with van der Waals surface area (Å²) in [5.74, 6) is -1.02. The summed E-state index contributed by atoms with van der Waals surface area (Å²) in [7, 11) is -1.57. The highest BCUT2D eigenvalue weighted by molar-refractivity contribution is 7.92. The van der Waals surface area contributed by atoms with E-state index in [2.05, 4.69) is 5.32 Å². The van der Waals surface area contributed by atoms with Gasteiger partial charge in [0.05, 0.1) is 24.8 Å². The van der Waals surface area contributed by atoms with Crippen molar-refractivity contribution >= 4 is 39.1 Å². The zero-order valence-corrected chi connectivity index (χ0v) is 27.2. The molecule has 4 aromatic rings. The third-order valence-electron chi connectivity index (χ3n) is 7.22. The number of likely N-dealkylation sites (N-methyl/N-ethyl adjacent to an activating group) is 1. The summed E-state index contributed by atoms with van der Waals surface area (Å²) in [5, 5.41) is 3.17. The average molecular weight is 668 g/mol. The first kappa shape index (κ1) is 34.3. The minimum absolute atomic E-state index is 0.0847. The van der Waals surface area contributed by atoms with Gasteiger partial charge in [0.1, 0.15) is 18.4 Å². The van der Waals surface area contributed by atoms with E-state index in [4.69, 9.17) is 21.1 Å². The Morgan fingerprint density at radius 3 is 2.13 bits per heavy atom. The summed E-state index contributed by atoms with van der Waals surface area (Å²) in [4.78, 5) is 29.1. The Hall–Kier alpha value is -4.61. The highest BCUT2D eigenvalue weighted by Gasteiger charge is 2.35. The minimum Gasteiger partial charge on any atom is -0.493 e. The van der Waals surface area contributed by atoms with Crippen molar-refractivity contribution in [1.82, 2.24) is 10.2 Å². The summed E-state index contributed by atoms with van der Waals surface area (Å²) in [6, 6.07) is 23.9. The zero-order chi connectivity index (χ0) is 33.3. The first-order chi connectivity index (χ1) is 22.1. The second-order valence-corrected chi connectivity index (χ2v) is 12.6. The molecule has 0 unspecified atom stereocenters. The van der Waals surface area contributed by atoms with Gasteiger partial charge in [-0.2, -0.15) is 0 Å². The zero-order valence-electron chi connectivity index (χ0n) is 25.7. The van der Waals surface area contributed by atoms with Crippen molar-refractivity contribution < 1.29 is 31.9 Å². The van der Waals surface area contributed by atoms with Crippen LogP contribution >= 0.6 is 11.6 Å². The number of hydrogen-bond donors (Lipinski definition) is 1. The van der Waals surface area contributed by atoms with Crippen LogP contribution in [0.4, 0.5) is 10.1 Å². The molecule has 0 saturated carbocycles. The number of nitrogens with zero attached hydrogens (tertiary/aromatic N) is 2. The molecule has 9 nitrogen and oxygen atoms in total. The molecule has 0 fully saturated rings. The molecule has 0 radical (unpaired) electrons. The number of halogens is 2. The second-order valence-electron chi connectivity index (χ2n) is 10.3. The van der Waals surface area contributed by atoms with Crippen LogP contribution in [-0.4, -0.2) is 58.5 Å². The fraction of sp³-hybridized carbons (Fsp3) is 0.235.